The van der Waals surface area contributed by atoms with Crippen LogP contribution in [0.1, 0.15) is 25.3 Å². The predicted octanol–water partition coefficient (Wildman–Crippen LogP) is 2.03. The quantitative estimate of drug-likeness (QED) is 0.797. The summed E-state index contributed by atoms with van der Waals surface area (Å²) in [6.45, 7) is 2.83. The summed E-state index contributed by atoms with van der Waals surface area (Å²) >= 11 is 1.75. The lowest BCUT2D eigenvalue weighted by molar-refractivity contribution is -0.136. The second kappa shape index (κ2) is 4.50. The molecular formula is C16H18N2O2S. The van der Waals surface area contributed by atoms with Crippen molar-refractivity contribution < 1.29 is 9.59 Å². The maximum absolute atomic E-state index is 13.0. The minimum atomic E-state index is -0.291. The zero-order valence-electron chi connectivity index (χ0n) is 12.0. The average molecular weight is 302 g/mol. The number of para-hydroxylation sites is 1. The maximum atomic E-state index is 13.0. The monoisotopic (exact) mass is 302 g/mol. The first-order valence-corrected chi connectivity index (χ1v) is 8.44. The molecule has 3 aliphatic heterocycles. The highest BCUT2D eigenvalue weighted by Crippen LogP contribution is 2.48. The standard InChI is InChI=1S/C16H18N2O2S/c1-16-8-6-14(19)18(16)13(10-21-16)15(20)17-9-7-11-4-2-3-5-12(11)17/h2-5,13H,6-10H2,1H3/t13-,16+/m1/s1. The van der Waals surface area contributed by atoms with Crippen LogP contribution in [0.4, 0.5) is 5.69 Å². The van der Waals surface area contributed by atoms with E-state index in [1.807, 2.05) is 28.0 Å². The minimum absolute atomic E-state index is 0.0893. The van der Waals surface area contributed by atoms with Crippen LogP contribution < -0.4 is 4.90 Å². The predicted molar refractivity (Wildman–Crippen MR) is 83.2 cm³/mol. The largest absolute Gasteiger partial charge is 0.315 e. The van der Waals surface area contributed by atoms with Gasteiger partial charge in [-0.15, -0.1) is 11.8 Å². The van der Waals surface area contributed by atoms with Gasteiger partial charge in [0.15, 0.2) is 0 Å². The molecule has 21 heavy (non-hydrogen) atoms. The van der Waals surface area contributed by atoms with E-state index in [0.29, 0.717) is 6.42 Å². The Kier molecular flexibility index (Phi) is 2.83. The van der Waals surface area contributed by atoms with Crippen LogP contribution in [0.3, 0.4) is 0 Å². The molecule has 0 spiro atoms. The van der Waals surface area contributed by atoms with Gasteiger partial charge in [0.1, 0.15) is 6.04 Å². The molecule has 4 nitrogen and oxygen atoms in total. The minimum Gasteiger partial charge on any atom is -0.315 e. The number of anilines is 1. The first kappa shape index (κ1) is 13.2. The summed E-state index contributed by atoms with van der Waals surface area (Å²) in [6, 6.07) is 7.78. The summed E-state index contributed by atoms with van der Waals surface area (Å²) in [5, 5.41) is 0. The summed E-state index contributed by atoms with van der Waals surface area (Å²) in [6.07, 6.45) is 2.34. The molecular weight excluding hydrogens is 284 g/mol. The number of amides is 2. The van der Waals surface area contributed by atoms with E-state index in [1.54, 1.807) is 11.8 Å². The van der Waals surface area contributed by atoms with Crippen LogP contribution in [0.5, 0.6) is 0 Å². The SMILES string of the molecule is C[C@]12CCC(=O)N1[C@@H](C(=O)N1CCc3ccccc31)CS2. The number of benzene rings is 1. The fraction of sp³-hybridized carbons (Fsp3) is 0.500. The molecule has 110 valence electrons. The topological polar surface area (TPSA) is 40.6 Å². The van der Waals surface area contributed by atoms with Crippen molar-refractivity contribution in [3.05, 3.63) is 29.8 Å². The molecule has 0 aromatic heterocycles. The van der Waals surface area contributed by atoms with E-state index < -0.39 is 0 Å². The Hall–Kier alpha value is -1.49. The molecule has 2 amide bonds. The number of hydrogen-bond acceptors (Lipinski definition) is 3. The Balaban J connectivity index is 1.63. The zero-order chi connectivity index (χ0) is 14.6. The van der Waals surface area contributed by atoms with Gasteiger partial charge in [-0.25, -0.2) is 0 Å². The molecule has 0 N–H and O–H groups in total. The average Bonchev–Trinajstić information content (AvgIpc) is 3.13. The van der Waals surface area contributed by atoms with Crippen molar-refractivity contribution in [1.29, 1.82) is 0 Å². The van der Waals surface area contributed by atoms with Gasteiger partial charge in [0, 0.05) is 24.4 Å². The molecule has 5 heteroatoms. The van der Waals surface area contributed by atoms with Crippen molar-refractivity contribution in [2.24, 2.45) is 0 Å². The van der Waals surface area contributed by atoms with Gasteiger partial charge in [0.05, 0.1) is 4.87 Å². The van der Waals surface area contributed by atoms with Crippen LogP contribution in [0, 0.1) is 0 Å². The molecule has 0 radical (unpaired) electrons. The third-order valence-corrected chi connectivity index (χ3v) is 6.39. The van der Waals surface area contributed by atoms with Crippen LogP contribution in [0.25, 0.3) is 0 Å². The lowest BCUT2D eigenvalue weighted by atomic mass is 10.1. The highest BCUT2D eigenvalue weighted by Gasteiger charge is 2.53. The van der Waals surface area contributed by atoms with Crippen LogP contribution in [0.2, 0.25) is 0 Å². The van der Waals surface area contributed by atoms with E-state index in [9.17, 15) is 9.59 Å². The highest BCUT2D eigenvalue weighted by atomic mass is 32.2. The van der Waals surface area contributed by atoms with E-state index >= 15 is 0 Å². The van der Waals surface area contributed by atoms with E-state index in [0.717, 1.165) is 30.8 Å². The Morgan fingerprint density at radius 3 is 3.00 bits per heavy atom. The van der Waals surface area contributed by atoms with Gasteiger partial charge in [0.25, 0.3) is 5.91 Å². The van der Waals surface area contributed by atoms with Gasteiger partial charge in [0.2, 0.25) is 5.91 Å². The summed E-state index contributed by atoms with van der Waals surface area (Å²) in [7, 11) is 0. The highest BCUT2D eigenvalue weighted by molar-refractivity contribution is 8.01. The molecule has 1 aromatic carbocycles. The molecule has 1 aromatic rings. The Morgan fingerprint density at radius 1 is 1.33 bits per heavy atom. The van der Waals surface area contributed by atoms with Crippen LogP contribution in [-0.2, 0) is 16.0 Å². The number of carbonyl (C=O) groups is 2. The molecule has 0 unspecified atom stereocenters. The van der Waals surface area contributed by atoms with Gasteiger partial charge in [-0.05, 0) is 31.4 Å². The van der Waals surface area contributed by atoms with Gasteiger partial charge < -0.3 is 9.80 Å². The maximum Gasteiger partial charge on any atom is 0.250 e. The Morgan fingerprint density at radius 2 is 2.14 bits per heavy atom. The Bertz CT molecular complexity index is 632. The summed E-state index contributed by atoms with van der Waals surface area (Å²) in [5.74, 6) is 0.944. The van der Waals surface area contributed by atoms with E-state index in [1.165, 1.54) is 5.56 Å². The fourth-order valence-electron chi connectivity index (χ4n) is 3.75. The molecule has 0 saturated carbocycles. The second-order valence-corrected chi connectivity index (χ2v) is 7.64. The van der Waals surface area contributed by atoms with Crippen LogP contribution in [-0.4, -0.2) is 39.9 Å². The van der Waals surface area contributed by atoms with Gasteiger partial charge in [-0.1, -0.05) is 18.2 Å². The first-order chi connectivity index (χ1) is 10.1. The summed E-state index contributed by atoms with van der Waals surface area (Å²) in [5.41, 5.74) is 2.25. The number of fused-ring (bicyclic) bond motifs is 2. The lowest BCUT2D eigenvalue weighted by Gasteiger charge is -2.32. The van der Waals surface area contributed by atoms with E-state index in [-0.39, 0.29) is 22.7 Å². The number of hydrogen-bond donors (Lipinski definition) is 0. The van der Waals surface area contributed by atoms with Crippen molar-refractivity contribution >= 4 is 29.3 Å². The van der Waals surface area contributed by atoms with Gasteiger partial charge >= 0.3 is 0 Å². The number of thioether (sulfide) groups is 1. The van der Waals surface area contributed by atoms with E-state index in [4.69, 9.17) is 0 Å². The normalized spacial score (nSPS) is 30.7. The summed E-state index contributed by atoms with van der Waals surface area (Å²) in [4.78, 5) is 28.7. The van der Waals surface area contributed by atoms with Crippen molar-refractivity contribution in [3.8, 4) is 0 Å². The first-order valence-electron chi connectivity index (χ1n) is 7.45. The molecule has 2 atom stereocenters. The third kappa shape index (κ3) is 1.83. The van der Waals surface area contributed by atoms with Gasteiger partial charge in [-0.2, -0.15) is 0 Å². The molecule has 3 heterocycles. The molecule has 0 aliphatic carbocycles. The second-order valence-electron chi connectivity index (χ2n) is 6.13. The van der Waals surface area contributed by atoms with E-state index in [2.05, 4.69) is 13.0 Å². The molecule has 2 fully saturated rings. The smallest absolute Gasteiger partial charge is 0.250 e. The number of rotatable bonds is 1. The zero-order valence-corrected chi connectivity index (χ0v) is 12.9. The Labute approximate surface area is 128 Å². The molecule has 3 aliphatic rings. The van der Waals surface area contributed by atoms with Crippen LogP contribution >= 0.6 is 11.8 Å². The van der Waals surface area contributed by atoms with Crippen LogP contribution in [0.15, 0.2) is 24.3 Å². The van der Waals surface area contributed by atoms with Crippen molar-refractivity contribution in [2.75, 3.05) is 17.2 Å². The fourth-order valence-corrected chi connectivity index (χ4v) is 5.17. The van der Waals surface area contributed by atoms with Crippen molar-refractivity contribution in [2.45, 2.75) is 37.1 Å². The number of carbonyl (C=O) groups excluding carboxylic acids is 2. The summed E-state index contributed by atoms with van der Waals surface area (Å²) < 4.78 is 0. The number of nitrogens with zero attached hydrogens (tertiary/aromatic N) is 2. The molecule has 2 saturated heterocycles. The van der Waals surface area contributed by atoms with Crippen molar-refractivity contribution in [1.82, 2.24) is 4.90 Å². The van der Waals surface area contributed by atoms with Gasteiger partial charge in [-0.3, -0.25) is 9.59 Å². The lowest BCUT2D eigenvalue weighted by Crippen LogP contribution is -2.51. The molecule has 0 bridgehead atoms. The van der Waals surface area contributed by atoms with Crippen molar-refractivity contribution in [3.63, 3.8) is 0 Å². The molecule has 4 rings (SSSR count). The third-order valence-electron chi connectivity index (χ3n) is 4.88.